The highest BCUT2D eigenvalue weighted by molar-refractivity contribution is 5.67. The van der Waals surface area contributed by atoms with Crippen molar-refractivity contribution in [2.45, 2.75) is 72.6 Å². The predicted molar refractivity (Wildman–Crippen MR) is 136 cm³/mol. The van der Waals surface area contributed by atoms with E-state index in [9.17, 15) is 0 Å². The quantitative estimate of drug-likeness (QED) is 0.274. The normalized spacial score (nSPS) is 25.0. The van der Waals surface area contributed by atoms with Gasteiger partial charge < -0.3 is 14.5 Å². The Bertz CT molecular complexity index is 643. The molecule has 0 bridgehead atoms. The summed E-state index contributed by atoms with van der Waals surface area (Å²) in [5.74, 6) is 0.571. The zero-order chi connectivity index (χ0) is 23.2. The van der Waals surface area contributed by atoms with Crippen molar-refractivity contribution in [1.82, 2.24) is 9.80 Å². The molecule has 0 aromatic rings. The summed E-state index contributed by atoms with van der Waals surface area (Å²) in [5, 5.41) is 0. The van der Waals surface area contributed by atoms with Gasteiger partial charge in [-0.3, -0.25) is 0 Å². The van der Waals surface area contributed by atoms with Crippen LogP contribution in [-0.2, 0) is 4.74 Å². The number of ether oxygens (including phenoxy) is 1. The standard InChI is InChI=1S/C25H42N3O.C2H6/c1-7-10-12-23(9-3)28-24-15-18-27(17-14-21(4)13-16-26(5)6)19-22(24)20-29-25(28)11-8-2;1-2/h7,9-10,12-13,16,22,24-25H,1,8,11,14-15,17-20H2,2-6H3;1-2H3/q+1;/b12-10-,21-13+,23-9+;. The highest BCUT2D eigenvalue weighted by Gasteiger charge is 2.40. The van der Waals surface area contributed by atoms with Crippen molar-refractivity contribution in [2.24, 2.45) is 5.92 Å². The van der Waals surface area contributed by atoms with E-state index in [0.717, 1.165) is 39.0 Å². The maximum absolute atomic E-state index is 6.38. The van der Waals surface area contributed by atoms with E-state index >= 15 is 0 Å². The molecule has 31 heavy (non-hydrogen) atoms. The summed E-state index contributed by atoms with van der Waals surface area (Å²) in [6.07, 6.45) is 17.4. The first kappa shape index (κ1) is 27.4. The van der Waals surface area contributed by atoms with E-state index in [1.807, 2.05) is 26.0 Å². The molecule has 0 amide bonds. The molecule has 0 aliphatic carbocycles. The molecule has 2 aliphatic heterocycles. The van der Waals surface area contributed by atoms with Crippen molar-refractivity contribution in [3.63, 3.8) is 0 Å². The number of hydrogen-bond acceptors (Lipinski definition) is 3. The largest absolute Gasteiger partial charge is 0.358 e. The molecule has 2 rings (SSSR count). The number of allylic oxidation sites excluding steroid dienone is 5. The molecule has 4 nitrogen and oxygen atoms in total. The van der Waals surface area contributed by atoms with Gasteiger partial charge in [0, 0.05) is 43.4 Å². The van der Waals surface area contributed by atoms with E-state index < -0.39 is 0 Å². The first-order valence-electron chi connectivity index (χ1n) is 12.2. The number of fused-ring (bicyclic) bond motifs is 1. The van der Waals surface area contributed by atoms with Crippen LogP contribution in [0.5, 0.6) is 0 Å². The predicted octanol–water partition coefficient (Wildman–Crippen LogP) is 5.49. The molecule has 0 N–H and O–H groups in total. The lowest BCUT2D eigenvalue weighted by atomic mass is 9.88. The number of nitrogens with zero attached hydrogens (tertiary/aromatic N) is 3. The van der Waals surface area contributed by atoms with E-state index in [1.165, 1.54) is 24.2 Å². The van der Waals surface area contributed by atoms with Gasteiger partial charge in [0.15, 0.2) is 6.21 Å². The van der Waals surface area contributed by atoms with Crippen molar-refractivity contribution >= 4 is 6.21 Å². The molecule has 4 heteroatoms. The fourth-order valence-corrected chi connectivity index (χ4v) is 4.38. The summed E-state index contributed by atoms with van der Waals surface area (Å²) < 4.78 is 8.47. The first-order valence-corrected chi connectivity index (χ1v) is 12.2. The van der Waals surface area contributed by atoms with E-state index in [2.05, 4.69) is 80.3 Å². The van der Waals surface area contributed by atoms with Crippen molar-refractivity contribution in [3.05, 3.63) is 48.2 Å². The fourth-order valence-electron chi connectivity index (χ4n) is 4.38. The molecule has 0 radical (unpaired) electrons. The van der Waals surface area contributed by atoms with Gasteiger partial charge in [-0.05, 0) is 39.2 Å². The smallest absolute Gasteiger partial charge is 0.162 e. The zero-order valence-electron chi connectivity index (χ0n) is 21.3. The number of piperidine rings is 1. The Morgan fingerprint density at radius 1 is 1.26 bits per heavy atom. The number of rotatable bonds is 9. The summed E-state index contributed by atoms with van der Waals surface area (Å²) in [7, 11) is 4.14. The molecule has 0 saturated carbocycles. The van der Waals surface area contributed by atoms with Crippen LogP contribution in [0.3, 0.4) is 0 Å². The van der Waals surface area contributed by atoms with E-state index in [0.29, 0.717) is 12.0 Å². The van der Waals surface area contributed by atoms with E-state index in [1.54, 1.807) is 0 Å². The van der Waals surface area contributed by atoms with Crippen LogP contribution in [0.1, 0.15) is 60.3 Å². The minimum Gasteiger partial charge on any atom is -0.358 e. The average Bonchev–Trinajstić information content (AvgIpc) is 2.79. The SMILES string of the molecule is C=C/C=C\C(=C/C)N1C(CCC)OCC2CN(CC/C(C)=C/C=[N+](C)C)CCC21.CC. The fraction of sp³-hybridized carbons (Fsp3) is 0.667. The molecule has 0 aromatic heterocycles. The van der Waals surface area contributed by atoms with Crippen LogP contribution < -0.4 is 0 Å². The molecule has 3 unspecified atom stereocenters. The van der Waals surface area contributed by atoms with Crippen LogP contribution in [0.2, 0.25) is 0 Å². The molecule has 3 atom stereocenters. The average molecular weight is 431 g/mol. The molecular formula is C27H48N3O+. The van der Waals surface area contributed by atoms with Crippen molar-refractivity contribution in [3.8, 4) is 0 Å². The summed E-state index contributed by atoms with van der Waals surface area (Å²) in [6.45, 7) is 18.8. The van der Waals surface area contributed by atoms with Gasteiger partial charge in [0.2, 0.25) is 0 Å². The maximum atomic E-state index is 6.38. The third-order valence-electron chi connectivity index (χ3n) is 5.96. The Morgan fingerprint density at radius 3 is 2.61 bits per heavy atom. The molecule has 176 valence electrons. The Kier molecular flexibility index (Phi) is 13.4. The van der Waals surface area contributed by atoms with E-state index in [-0.39, 0.29) is 6.23 Å². The zero-order valence-corrected chi connectivity index (χ0v) is 21.3. The third kappa shape index (κ3) is 8.78. The van der Waals surface area contributed by atoms with Gasteiger partial charge in [-0.1, -0.05) is 57.6 Å². The maximum Gasteiger partial charge on any atom is 0.162 e. The van der Waals surface area contributed by atoms with Crippen LogP contribution in [-0.4, -0.2) is 73.2 Å². The van der Waals surface area contributed by atoms with Gasteiger partial charge in [0.05, 0.1) is 6.61 Å². The van der Waals surface area contributed by atoms with Crippen LogP contribution in [0.25, 0.3) is 0 Å². The highest BCUT2D eigenvalue weighted by atomic mass is 16.5. The van der Waals surface area contributed by atoms with E-state index in [4.69, 9.17) is 4.74 Å². The Labute approximate surface area is 192 Å². The van der Waals surface area contributed by atoms with Crippen molar-refractivity contribution in [2.75, 3.05) is 40.3 Å². The Hall–Kier alpha value is -1.65. The summed E-state index contributed by atoms with van der Waals surface area (Å²) in [4.78, 5) is 5.19. The minimum atomic E-state index is 0.195. The van der Waals surface area contributed by atoms with Gasteiger partial charge in [-0.25, -0.2) is 4.58 Å². The van der Waals surface area contributed by atoms with Crippen LogP contribution in [0.4, 0.5) is 0 Å². The second kappa shape index (κ2) is 15.2. The lowest BCUT2D eigenvalue weighted by molar-refractivity contribution is -0.458. The second-order valence-electron chi connectivity index (χ2n) is 8.58. The summed E-state index contributed by atoms with van der Waals surface area (Å²) in [5.41, 5.74) is 2.71. The van der Waals surface area contributed by atoms with Crippen LogP contribution in [0.15, 0.2) is 48.2 Å². The van der Waals surface area contributed by atoms with Crippen LogP contribution >= 0.6 is 0 Å². The minimum absolute atomic E-state index is 0.195. The van der Waals surface area contributed by atoms with Gasteiger partial charge in [0.1, 0.15) is 20.3 Å². The molecule has 0 spiro atoms. The number of hydrogen-bond donors (Lipinski definition) is 0. The molecule has 0 aromatic carbocycles. The topological polar surface area (TPSA) is 18.7 Å². The second-order valence-corrected chi connectivity index (χ2v) is 8.58. The van der Waals surface area contributed by atoms with Crippen molar-refractivity contribution in [1.29, 1.82) is 0 Å². The Balaban J connectivity index is 0.00000233. The highest BCUT2D eigenvalue weighted by Crippen LogP contribution is 2.34. The summed E-state index contributed by atoms with van der Waals surface area (Å²) in [6, 6.07) is 0.566. The lowest BCUT2D eigenvalue weighted by Crippen LogP contribution is -2.59. The van der Waals surface area contributed by atoms with Crippen LogP contribution in [0, 0.1) is 5.92 Å². The molecule has 2 heterocycles. The Morgan fingerprint density at radius 2 is 2.00 bits per heavy atom. The molecular weight excluding hydrogens is 382 g/mol. The van der Waals surface area contributed by atoms with Gasteiger partial charge >= 0.3 is 0 Å². The number of likely N-dealkylation sites (tertiary alicyclic amines) is 1. The molecule has 2 aliphatic rings. The lowest BCUT2D eigenvalue weighted by Gasteiger charge is -2.52. The molecule has 2 saturated heterocycles. The van der Waals surface area contributed by atoms with Gasteiger partial charge in [0.25, 0.3) is 0 Å². The van der Waals surface area contributed by atoms with Gasteiger partial charge in [-0.15, -0.1) is 0 Å². The molecule has 2 fully saturated rings. The third-order valence-corrected chi connectivity index (χ3v) is 5.96. The van der Waals surface area contributed by atoms with Crippen molar-refractivity contribution < 1.29 is 9.31 Å². The van der Waals surface area contributed by atoms with Gasteiger partial charge in [-0.2, -0.15) is 0 Å². The monoisotopic (exact) mass is 430 g/mol. The summed E-state index contributed by atoms with van der Waals surface area (Å²) >= 11 is 0. The first-order chi connectivity index (χ1) is 15.0.